The van der Waals surface area contributed by atoms with Crippen LogP contribution in [-0.2, 0) is 33.9 Å². The van der Waals surface area contributed by atoms with E-state index in [-0.39, 0.29) is 43.7 Å². The number of fused-ring (bicyclic) bond motifs is 3. The number of sulfonamides is 1. The SMILES string of the molecule is COC[C@@H]1C[C@H](C)CC/C=C\[C@@H]2C[C@@]2(C(=O)NS(=O)(=O)C2(C)CC2)NC(=O)[C@@H]2C[C@@H](Oc3nc4cc(OC)ccc4nc3C(C)C)CN2C(=O)[C@H]1NC(=O)OC(C)(C)C. The van der Waals surface area contributed by atoms with Gasteiger partial charge in [0.2, 0.25) is 27.7 Å². The fourth-order valence-corrected chi connectivity index (χ4v) is 9.32. The molecule has 16 nitrogen and oxygen atoms in total. The van der Waals surface area contributed by atoms with E-state index in [2.05, 4.69) is 22.3 Å². The molecule has 2 aromatic rings. The Morgan fingerprint density at radius 3 is 2.46 bits per heavy atom. The maximum absolute atomic E-state index is 15.1. The Kier molecular flexibility index (Phi) is 12.6. The zero-order valence-electron chi connectivity index (χ0n) is 35.6. The Bertz CT molecular complexity index is 2080. The first-order valence-corrected chi connectivity index (χ1v) is 22.0. The van der Waals surface area contributed by atoms with E-state index in [1.54, 1.807) is 46.9 Å². The lowest BCUT2D eigenvalue weighted by molar-refractivity contribution is -0.142. The molecular weight excluding hydrogens is 781 g/mol. The van der Waals surface area contributed by atoms with E-state index in [4.69, 9.17) is 28.9 Å². The molecular formula is C42H60N6O10S. The average Bonchev–Trinajstić information content (AvgIpc) is 4.03. The summed E-state index contributed by atoms with van der Waals surface area (Å²) < 4.78 is 51.0. The zero-order chi connectivity index (χ0) is 43.1. The third kappa shape index (κ3) is 9.77. The lowest BCUT2D eigenvalue weighted by atomic mass is 9.87. The molecule has 4 aliphatic rings. The van der Waals surface area contributed by atoms with E-state index in [1.807, 2.05) is 32.1 Å². The molecule has 4 amide bonds. The van der Waals surface area contributed by atoms with Crippen molar-refractivity contribution in [3.63, 3.8) is 0 Å². The van der Waals surface area contributed by atoms with E-state index in [9.17, 15) is 22.8 Å². The molecule has 1 aromatic heterocycles. The van der Waals surface area contributed by atoms with Gasteiger partial charge in [-0.25, -0.2) is 23.2 Å². The molecule has 1 saturated heterocycles. The van der Waals surface area contributed by atoms with Gasteiger partial charge in [-0.1, -0.05) is 32.9 Å². The Morgan fingerprint density at radius 2 is 1.81 bits per heavy atom. The quantitative estimate of drug-likeness (QED) is 0.283. The number of nitrogens with one attached hydrogen (secondary N) is 3. The molecule has 2 aliphatic heterocycles. The summed E-state index contributed by atoms with van der Waals surface area (Å²) in [5.74, 6) is -2.24. The molecule has 324 valence electrons. The number of carbonyl (C=O) groups is 4. The van der Waals surface area contributed by atoms with Crippen LogP contribution in [0.2, 0.25) is 0 Å². The van der Waals surface area contributed by atoms with Crippen molar-refractivity contribution >= 4 is 44.9 Å². The zero-order valence-corrected chi connectivity index (χ0v) is 36.4. The van der Waals surface area contributed by atoms with Crippen LogP contribution in [0.25, 0.3) is 11.0 Å². The summed E-state index contributed by atoms with van der Waals surface area (Å²) in [4.78, 5) is 68.3. The van der Waals surface area contributed by atoms with Crippen LogP contribution >= 0.6 is 0 Å². The Morgan fingerprint density at radius 1 is 1.08 bits per heavy atom. The predicted molar refractivity (Wildman–Crippen MR) is 219 cm³/mol. The molecule has 7 atom stereocenters. The van der Waals surface area contributed by atoms with Gasteiger partial charge in [-0.2, -0.15) is 0 Å². The van der Waals surface area contributed by atoms with Crippen LogP contribution in [0.1, 0.15) is 105 Å². The van der Waals surface area contributed by atoms with Crippen molar-refractivity contribution in [2.24, 2.45) is 17.8 Å². The van der Waals surface area contributed by atoms with Crippen molar-refractivity contribution in [3.8, 4) is 11.6 Å². The summed E-state index contributed by atoms with van der Waals surface area (Å²) >= 11 is 0. The van der Waals surface area contributed by atoms with Crippen LogP contribution in [0.4, 0.5) is 4.79 Å². The minimum Gasteiger partial charge on any atom is -0.497 e. The molecule has 3 N–H and O–H groups in total. The van der Waals surface area contributed by atoms with Crippen LogP contribution in [0.15, 0.2) is 30.4 Å². The number of allylic oxidation sites excluding steroid dienone is 1. The van der Waals surface area contributed by atoms with Gasteiger partial charge in [-0.3, -0.25) is 19.1 Å². The van der Waals surface area contributed by atoms with Crippen LogP contribution in [-0.4, -0.2) is 109 Å². The molecule has 1 aromatic carbocycles. The molecule has 3 fully saturated rings. The third-order valence-corrected chi connectivity index (χ3v) is 14.0. The minimum atomic E-state index is -4.03. The van der Waals surface area contributed by atoms with Crippen LogP contribution < -0.4 is 24.8 Å². The van der Waals surface area contributed by atoms with Crippen molar-refractivity contribution in [1.82, 2.24) is 30.2 Å². The molecule has 59 heavy (non-hydrogen) atoms. The normalized spacial score (nSPS) is 28.9. The van der Waals surface area contributed by atoms with E-state index < -0.39 is 79.7 Å². The second-order valence-electron chi connectivity index (χ2n) is 18.2. The van der Waals surface area contributed by atoms with Crippen LogP contribution in [0.5, 0.6) is 11.6 Å². The molecule has 6 rings (SSSR count). The standard InChI is InChI=1S/C42H60N6O10S/c1-24(2)33-36(44-31-19-28(56-9)14-15-30(31)43-33)57-29-20-32-35(49)46-42(38(51)47-59(53,54)41(7)16-17-41)21-27(42)13-11-10-12-25(3)18-26(23-55-8)34(37(50)48(32)22-29)45-39(52)58-40(4,5)6/h11,13-15,19,24-27,29,32,34H,10,12,16-18,20-23H2,1-9H3,(H,45,52)(H,46,49)(H,47,51)/b13-11-/t25-,26+,27-,29-,32+,34+,42-/m1/s1. The van der Waals surface area contributed by atoms with Gasteiger partial charge in [0, 0.05) is 37.4 Å². The predicted octanol–water partition coefficient (Wildman–Crippen LogP) is 4.52. The van der Waals surface area contributed by atoms with Crippen molar-refractivity contribution in [3.05, 3.63) is 36.0 Å². The van der Waals surface area contributed by atoms with Crippen molar-refractivity contribution < 1.29 is 46.5 Å². The number of methoxy groups -OCH3 is 2. The van der Waals surface area contributed by atoms with Crippen molar-refractivity contribution in [1.29, 1.82) is 0 Å². The molecule has 3 heterocycles. The first kappa shape index (κ1) is 44.1. The summed E-state index contributed by atoms with van der Waals surface area (Å²) in [6.07, 6.45) is 5.10. The van der Waals surface area contributed by atoms with Crippen molar-refractivity contribution in [2.75, 3.05) is 27.4 Å². The molecule has 0 radical (unpaired) electrons. The van der Waals surface area contributed by atoms with E-state index in [1.165, 1.54) is 12.0 Å². The Hall–Kier alpha value is -4.51. The Labute approximate surface area is 347 Å². The summed E-state index contributed by atoms with van der Waals surface area (Å²) in [6.45, 7) is 12.8. The molecule has 17 heteroatoms. The number of alkyl carbamates (subject to hydrolysis) is 1. The first-order valence-electron chi connectivity index (χ1n) is 20.6. The minimum absolute atomic E-state index is 0.00792. The van der Waals surface area contributed by atoms with Gasteiger partial charge >= 0.3 is 6.09 Å². The highest BCUT2D eigenvalue weighted by atomic mass is 32.2. The second-order valence-corrected chi connectivity index (χ2v) is 20.4. The van der Waals surface area contributed by atoms with Crippen molar-refractivity contribution in [2.45, 2.75) is 133 Å². The van der Waals surface area contributed by atoms with Gasteiger partial charge in [0.1, 0.15) is 40.8 Å². The lowest BCUT2D eigenvalue weighted by Gasteiger charge is -2.34. The number of hydrogen-bond acceptors (Lipinski definition) is 12. The Balaban J connectivity index is 1.39. The molecule has 0 unspecified atom stereocenters. The number of carbonyl (C=O) groups excluding carboxylic acids is 4. The largest absolute Gasteiger partial charge is 0.497 e. The maximum Gasteiger partial charge on any atom is 0.408 e. The van der Waals surface area contributed by atoms with E-state index in [0.29, 0.717) is 54.6 Å². The molecule has 2 saturated carbocycles. The molecule has 0 bridgehead atoms. The highest BCUT2D eigenvalue weighted by molar-refractivity contribution is 7.91. The number of hydrogen-bond donors (Lipinski definition) is 3. The summed E-state index contributed by atoms with van der Waals surface area (Å²) in [7, 11) is -0.943. The smallest absolute Gasteiger partial charge is 0.408 e. The number of nitrogens with zero attached hydrogens (tertiary/aromatic N) is 3. The lowest BCUT2D eigenvalue weighted by Crippen LogP contribution is -2.60. The first-order chi connectivity index (χ1) is 27.7. The number of amides is 4. The van der Waals surface area contributed by atoms with Crippen LogP contribution in [0.3, 0.4) is 0 Å². The van der Waals surface area contributed by atoms with Gasteiger partial charge in [0.25, 0.3) is 5.91 Å². The fourth-order valence-electron chi connectivity index (χ4n) is 8.00. The highest BCUT2D eigenvalue weighted by Gasteiger charge is 2.63. The van der Waals surface area contributed by atoms with Crippen LogP contribution in [0, 0.1) is 17.8 Å². The van der Waals surface area contributed by atoms with Gasteiger partial charge in [-0.15, -0.1) is 0 Å². The summed E-state index contributed by atoms with van der Waals surface area (Å²) in [5, 5.41) is 5.74. The topological polar surface area (TPSA) is 204 Å². The number of ether oxygens (including phenoxy) is 4. The fraction of sp³-hybridized carbons (Fsp3) is 0.667. The summed E-state index contributed by atoms with van der Waals surface area (Å²) in [6, 6.07) is 2.99. The van der Waals surface area contributed by atoms with E-state index >= 15 is 4.79 Å². The van der Waals surface area contributed by atoms with Gasteiger partial charge < -0.3 is 34.5 Å². The van der Waals surface area contributed by atoms with Gasteiger partial charge in [-0.05, 0) is 84.3 Å². The number of benzene rings is 1. The second kappa shape index (κ2) is 16.9. The summed E-state index contributed by atoms with van der Waals surface area (Å²) in [5.41, 5.74) is -0.683. The van der Waals surface area contributed by atoms with Gasteiger partial charge in [0.15, 0.2) is 0 Å². The molecule has 2 aliphatic carbocycles. The number of rotatable bonds is 10. The highest BCUT2D eigenvalue weighted by Crippen LogP contribution is 2.47. The number of aromatic nitrogens is 2. The molecule has 0 spiro atoms. The average molecular weight is 841 g/mol. The maximum atomic E-state index is 15.1. The van der Waals surface area contributed by atoms with E-state index in [0.717, 1.165) is 0 Å². The monoisotopic (exact) mass is 840 g/mol. The third-order valence-electron chi connectivity index (χ3n) is 11.8. The van der Waals surface area contributed by atoms with Gasteiger partial charge in [0.05, 0.1) is 36.0 Å².